The standard InChI is InChI=1S/2ClH.H3N.Zn/h2*1H;1H3;/p-1. The number of rotatable bonds is 0. The molecule has 4 heteroatoms. The first-order chi connectivity index (χ1) is 0. The van der Waals surface area contributed by atoms with E-state index >= 15 is 0 Å². The molecule has 0 fully saturated rings. The maximum atomic E-state index is 0. The summed E-state index contributed by atoms with van der Waals surface area (Å²) in [5.74, 6) is 0. The van der Waals surface area contributed by atoms with Gasteiger partial charge in [-0.3, -0.25) is 0 Å². The molecule has 0 aliphatic heterocycles. The van der Waals surface area contributed by atoms with Gasteiger partial charge < -0.3 is 31.0 Å². The van der Waals surface area contributed by atoms with Crippen molar-refractivity contribution in [1.82, 2.24) is 6.15 Å². The van der Waals surface area contributed by atoms with Gasteiger partial charge in [-0.1, -0.05) is 0 Å². The third-order valence-electron chi connectivity index (χ3n) is 0. The molecule has 0 radical (unpaired) electrons. The second-order valence-electron chi connectivity index (χ2n) is 0. The Labute approximate surface area is 50.7 Å². The van der Waals surface area contributed by atoms with E-state index in [1.165, 1.54) is 0 Å². The van der Waals surface area contributed by atoms with Crippen molar-refractivity contribution in [3.8, 4) is 0 Å². The third kappa shape index (κ3) is 10.9. The van der Waals surface area contributed by atoms with Crippen molar-refractivity contribution in [2.24, 2.45) is 0 Å². The average molecular weight is 154 g/mol. The number of hydrogen-bond acceptors (Lipinski definition) is 0. The van der Waals surface area contributed by atoms with Crippen molar-refractivity contribution < 1.29 is 44.3 Å². The van der Waals surface area contributed by atoms with E-state index in [2.05, 4.69) is 0 Å². The minimum atomic E-state index is 0. The maximum absolute atomic E-state index is 0. The first-order valence-corrected chi connectivity index (χ1v) is 0. The maximum Gasteiger partial charge on any atom is 0 e. The second kappa shape index (κ2) is 30.8. The molecule has 0 atom stereocenters. The molecule has 0 heterocycles. The Hall–Kier alpha value is 1.16. The zero-order valence-corrected chi connectivity index (χ0v) is 6.94. The molecule has 0 bridgehead atoms. The first-order valence-electron chi connectivity index (χ1n) is 0. The number of quaternary nitrogens is 1. The Morgan fingerprint density at radius 2 is 0.750 bits per heavy atom. The second-order valence-corrected chi connectivity index (χ2v) is 0. The van der Waals surface area contributed by atoms with E-state index in [1.807, 2.05) is 0 Å². The van der Waals surface area contributed by atoms with E-state index in [0.717, 1.165) is 0 Å². The van der Waals surface area contributed by atoms with Gasteiger partial charge in [0.05, 0.1) is 0 Å². The van der Waals surface area contributed by atoms with E-state index in [-0.39, 0.29) is 50.4 Å². The van der Waals surface area contributed by atoms with Gasteiger partial charge in [0.1, 0.15) is 0 Å². The summed E-state index contributed by atoms with van der Waals surface area (Å²) in [5, 5.41) is 0. The third-order valence-corrected chi connectivity index (χ3v) is 0. The van der Waals surface area contributed by atoms with Crippen LogP contribution in [0, 0.1) is 0 Å². The van der Waals surface area contributed by atoms with Crippen LogP contribution in [0.15, 0.2) is 0 Å². The van der Waals surface area contributed by atoms with Gasteiger partial charge in [-0.05, 0) is 0 Å². The van der Waals surface area contributed by atoms with Gasteiger partial charge in [-0.15, -0.1) is 0 Å². The van der Waals surface area contributed by atoms with Gasteiger partial charge >= 0.3 is 0 Å². The Morgan fingerprint density at radius 3 is 0.750 bits per heavy atom. The summed E-state index contributed by atoms with van der Waals surface area (Å²) < 4.78 is 0. The summed E-state index contributed by atoms with van der Waals surface area (Å²) >= 11 is 0. The Kier molecular flexibility index (Phi) is 509. The minimum Gasteiger partial charge on any atom is -1.00 e. The average Bonchev–Trinajstić information content (AvgIpc) is 0. The van der Waals surface area contributed by atoms with E-state index < -0.39 is 0 Å². The number of halogens is 2. The molecule has 4 N–H and O–H groups in total. The summed E-state index contributed by atoms with van der Waals surface area (Å²) in [6.45, 7) is 0. The van der Waals surface area contributed by atoms with Gasteiger partial charge in [-0.2, -0.15) is 0 Å². The van der Waals surface area contributed by atoms with Crippen LogP contribution in [0.3, 0.4) is 0 Å². The van der Waals surface area contributed by atoms with Crippen molar-refractivity contribution in [2.75, 3.05) is 0 Å². The predicted octanol–water partition coefficient (Wildman–Crippen LogP) is -5.62. The van der Waals surface area contributed by atoms with E-state index in [0.29, 0.717) is 0 Å². The van der Waals surface area contributed by atoms with Crippen LogP contribution in [-0.4, -0.2) is 0 Å². The molecule has 1 nitrogen and oxygen atoms in total. The van der Waals surface area contributed by atoms with Crippen molar-refractivity contribution in [3.63, 3.8) is 0 Å². The van der Waals surface area contributed by atoms with Crippen LogP contribution in [0.25, 0.3) is 0 Å². The molecule has 26 valence electrons. The van der Waals surface area contributed by atoms with E-state index in [1.54, 1.807) is 0 Å². The van der Waals surface area contributed by atoms with Crippen molar-refractivity contribution in [1.29, 1.82) is 0 Å². The molecular weight excluding hydrogens is 150 g/mol. The molecule has 0 saturated carbocycles. The summed E-state index contributed by atoms with van der Waals surface area (Å²) in [4.78, 5) is 0. The molecule has 0 aliphatic carbocycles. The molecule has 0 rings (SSSR count). The van der Waals surface area contributed by atoms with Crippen LogP contribution in [0.1, 0.15) is 0 Å². The predicted molar refractivity (Wildman–Crippen MR) is 5.98 cm³/mol. The minimum absolute atomic E-state index is 0. The zero-order valence-electron chi connectivity index (χ0n) is 2.46. The Balaban J connectivity index is 0. The molecule has 0 spiro atoms. The summed E-state index contributed by atoms with van der Waals surface area (Å²) in [7, 11) is 0. The molecule has 0 aromatic carbocycles. The van der Waals surface area contributed by atoms with Gasteiger partial charge in [-0.25, -0.2) is 0 Å². The zero-order chi connectivity index (χ0) is 0. The Bertz CT molecular complexity index is 6.00. The quantitative estimate of drug-likeness (QED) is 0.338. The van der Waals surface area contributed by atoms with Crippen LogP contribution in [0.4, 0.5) is 0 Å². The Morgan fingerprint density at radius 1 is 0.750 bits per heavy atom. The van der Waals surface area contributed by atoms with Crippen LogP contribution in [0.2, 0.25) is 0 Å². The van der Waals surface area contributed by atoms with Crippen molar-refractivity contribution in [3.05, 3.63) is 0 Å². The fraction of sp³-hybridized carbons (Fsp3) is 0. The largest absolute Gasteiger partial charge is 1.00 e. The molecular formula is H4Cl2NZn-. The SMILES string of the molecule is [Cl-].[Cl-].[NH4+].[Zn]. The van der Waals surface area contributed by atoms with Gasteiger partial charge in [0.15, 0.2) is 0 Å². The fourth-order valence-electron chi connectivity index (χ4n) is 0. The van der Waals surface area contributed by atoms with Gasteiger partial charge in [0.25, 0.3) is 0 Å². The normalized spacial score (nSPS) is 0. The summed E-state index contributed by atoms with van der Waals surface area (Å²) in [6.07, 6.45) is 0. The molecule has 0 unspecified atom stereocenters. The summed E-state index contributed by atoms with van der Waals surface area (Å²) in [5.41, 5.74) is 0. The number of hydrogen-bond donors (Lipinski definition) is 1. The van der Waals surface area contributed by atoms with E-state index in [4.69, 9.17) is 0 Å². The van der Waals surface area contributed by atoms with Gasteiger partial charge in [0, 0.05) is 19.5 Å². The van der Waals surface area contributed by atoms with Crippen LogP contribution in [-0.2, 0) is 19.5 Å². The monoisotopic (exact) mass is 152 g/mol. The molecule has 0 aromatic heterocycles. The first kappa shape index (κ1) is 66.1. The van der Waals surface area contributed by atoms with E-state index in [9.17, 15) is 0 Å². The molecule has 0 amide bonds. The molecule has 0 aromatic rings. The fourth-order valence-corrected chi connectivity index (χ4v) is 0. The molecule has 4 heavy (non-hydrogen) atoms. The molecule has 0 aliphatic rings. The van der Waals surface area contributed by atoms with Gasteiger partial charge in [0.2, 0.25) is 0 Å². The van der Waals surface area contributed by atoms with Crippen LogP contribution < -0.4 is 31.0 Å². The molecule has 0 saturated heterocycles. The van der Waals surface area contributed by atoms with Crippen molar-refractivity contribution >= 4 is 0 Å². The van der Waals surface area contributed by atoms with Crippen LogP contribution >= 0.6 is 0 Å². The van der Waals surface area contributed by atoms with Crippen LogP contribution in [0.5, 0.6) is 0 Å². The topological polar surface area (TPSA) is 36.5 Å². The van der Waals surface area contributed by atoms with Crippen molar-refractivity contribution in [2.45, 2.75) is 0 Å². The smallest absolute Gasteiger partial charge is 0 e. The summed E-state index contributed by atoms with van der Waals surface area (Å²) in [6, 6.07) is 0.